The molecule has 5 heteroatoms. The molecule has 114 valence electrons. The molecule has 1 saturated heterocycles. The van der Waals surface area contributed by atoms with Crippen LogP contribution in [0.1, 0.15) is 40.0 Å². The van der Waals surface area contributed by atoms with E-state index >= 15 is 0 Å². The topological polar surface area (TPSA) is 55.8 Å². The van der Waals surface area contributed by atoms with Crippen molar-refractivity contribution >= 4 is 12.1 Å². The third kappa shape index (κ3) is 3.64. The van der Waals surface area contributed by atoms with Gasteiger partial charge in [-0.1, -0.05) is 0 Å². The fourth-order valence-electron chi connectivity index (χ4n) is 3.40. The Morgan fingerprint density at radius 1 is 1.05 bits per heavy atom. The van der Waals surface area contributed by atoms with Crippen molar-refractivity contribution in [3.63, 3.8) is 0 Å². The normalized spacial score (nSPS) is 29.8. The number of hydrogen-bond donors (Lipinski definition) is 0. The maximum absolute atomic E-state index is 12.1. The van der Waals surface area contributed by atoms with Crippen LogP contribution in [0.25, 0.3) is 0 Å². The number of amides is 1. The first-order valence-corrected chi connectivity index (χ1v) is 7.34. The van der Waals surface area contributed by atoms with Crippen LogP contribution in [0.2, 0.25) is 0 Å². The van der Waals surface area contributed by atoms with E-state index in [-0.39, 0.29) is 18.0 Å². The van der Waals surface area contributed by atoms with E-state index in [1.165, 1.54) is 7.11 Å². The highest BCUT2D eigenvalue weighted by Crippen LogP contribution is 2.38. The quantitative estimate of drug-likeness (QED) is 0.694. The van der Waals surface area contributed by atoms with Crippen molar-refractivity contribution in [2.24, 2.45) is 17.8 Å². The van der Waals surface area contributed by atoms with Crippen LogP contribution < -0.4 is 0 Å². The molecule has 1 heterocycles. The van der Waals surface area contributed by atoms with Gasteiger partial charge in [0.2, 0.25) is 0 Å². The first-order valence-electron chi connectivity index (χ1n) is 7.34. The number of methoxy groups -OCH3 is 1. The van der Waals surface area contributed by atoms with Gasteiger partial charge in [-0.15, -0.1) is 0 Å². The molecule has 20 heavy (non-hydrogen) atoms. The summed E-state index contributed by atoms with van der Waals surface area (Å²) in [5.74, 6) is 0.674. The van der Waals surface area contributed by atoms with Gasteiger partial charge in [-0.2, -0.15) is 0 Å². The minimum atomic E-state index is -0.460. The highest BCUT2D eigenvalue weighted by atomic mass is 16.6. The van der Waals surface area contributed by atoms with Gasteiger partial charge in [0.15, 0.2) is 0 Å². The summed E-state index contributed by atoms with van der Waals surface area (Å²) in [4.78, 5) is 25.6. The third-order valence-corrected chi connectivity index (χ3v) is 4.05. The standard InChI is InChI=1S/C15H25NO4/c1-15(2,3)20-14(18)16-8-10-5-11(9-16)7-12(6-10)13(17)19-4/h10-12H,5-9H2,1-4H3/t10-,11+,12?. The number of fused-ring (bicyclic) bond motifs is 2. The van der Waals surface area contributed by atoms with Gasteiger partial charge >= 0.3 is 12.1 Å². The molecular formula is C15H25NO4. The maximum atomic E-state index is 12.1. The summed E-state index contributed by atoms with van der Waals surface area (Å²) in [7, 11) is 1.44. The summed E-state index contributed by atoms with van der Waals surface area (Å²) in [5.41, 5.74) is -0.460. The van der Waals surface area contributed by atoms with E-state index in [0.29, 0.717) is 24.9 Å². The zero-order chi connectivity index (χ0) is 14.9. The molecule has 0 aromatic rings. The van der Waals surface area contributed by atoms with E-state index in [1.54, 1.807) is 4.90 Å². The fourth-order valence-corrected chi connectivity index (χ4v) is 3.40. The number of hydrogen-bond acceptors (Lipinski definition) is 4. The molecule has 3 atom stereocenters. The number of rotatable bonds is 1. The van der Waals surface area contributed by atoms with Gasteiger partial charge < -0.3 is 14.4 Å². The summed E-state index contributed by atoms with van der Waals surface area (Å²) in [6.45, 7) is 7.02. The lowest BCUT2D eigenvalue weighted by Gasteiger charge is -2.43. The molecule has 0 aromatic heterocycles. The lowest BCUT2D eigenvalue weighted by atomic mass is 9.72. The highest BCUT2D eigenvalue weighted by Gasteiger charge is 2.40. The Labute approximate surface area is 120 Å². The zero-order valence-electron chi connectivity index (χ0n) is 12.8. The van der Waals surface area contributed by atoms with E-state index in [9.17, 15) is 9.59 Å². The number of likely N-dealkylation sites (tertiary alicyclic amines) is 1. The average Bonchev–Trinajstić information content (AvgIpc) is 2.34. The van der Waals surface area contributed by atoms with Gasteiger partial charge in [0, 0.05) is 13.1 Å². The molecule has 1 unspecified atom stereocenters. The van der Waals surface area contributed by atoms with Crippen LogP contribution in [0.5, 0.6) is 0 Å². The molecule has 0 spiro atoms. The molecule has 2 rings (SSSR count). The van der Waals surface area contributed by atoms with Crippen LogP contribution in [0, 0.1) is 17.8 Å². The van der Waals surface area contributed by atoms with Gasteiger partial charge in [0.05, 0.1) is 13.0 Å². The van der Waals surface area contributed by atoms with Crippen LogP contribution in [0.15, 0.2) is 0 Å². The van der Waals surface area contributed by atoms with Crippen molar-refractivity contribution in [2.75, 3.05) is 20.2 Å². The second kappa shape index (κ2) is 5.62. The van der Waals surface area contributed by atoms with Crippen LogP contribution in [0.4, 0.5) is 4.79 Å². The molecule has 2 bridgehead atoms. The number of piperidine rings is 1. The Morgan fingerprint density at radius 2 is 1.60 bits per heavy atom. The predicted molar refractivity (Wildman–Crippen MR) is 74.1 cm³/mol. The third-order valence-electron chi connectivity index (χ3n) is 4.05. The minimum Gasteiger partial charge on any atom is -0.469 e. The van der Waals surface area contributed by atoms with Gasteiger partial charge in [-0.05, 0) is 51.9 Å². The molecule has 0 radical (unpaired) electrons. The lowest BCUT2D eigenvalue weighted by Crippen LogP contribution is -2.49. The Bertz CT molecular complexity index is 374. The maximum Gasteiger partial charge on any atom is 0.410 e. The molecule has 1 aliphatic carbocycles. The van der Waals surface area contributed by atoms with Gasteiger partial charge in [-0.25, -0.2) is 4.79 Å². The minimum absolute atomic E-state index is 0.00420. The van der Waals surface area contributed by atoms with Crippen molar-refractivity contribution in [3.8, 4) is 0 Å². The van der Waals surface area contributed by atoms with Gasteiger partial charge in [0.25, 0.3) is 0 Å². The molecule has 1 amide bonds. The van der Waals surface area contributed by atoms with Gasteiger partial charge in [0.1, 0.15) is 5.60 Å². The number of ether oxygens (including phenoxy) is 2. The molecule has 2 fully saturated rings. The SMILES string of the molecule is COC(=O)C1C[C@@H]2C[C@H](C1)CN(C(=O)OC(C)(C)C)C2. The summed E-state index contributed by atoms with van der Waals surface area (Å²) in [6, 6.07) is 0. The zero-order valence-corrected chi connectivity index (χ0v) is 12.8. The summed E-state index contributed by atoms with van der Waals surface area (Å²) in [6.07, 6.45) is 2.52. The summed E-state index contributed by atoms with van der Waals surface area (Å²) >= 11 is 0. The van der Waals surface area contributed by atoms with Crippen LogP contribution >= 0.6 is 0 Å². The molecule has 5 nitrogen and oxygen atoms in total. The largest absolute Gasteiger partial charge is 0.469 e. The van der Waals surface area contributed by atoms with E-state index in [1.807, 2.05) is 20.8 Å². The Morgan fingerprint density at radius 3 is 2.05 bits per heavy atom. The van der Waals surface area contributed by atoms with E-state index < -0.39 is 5.60 Å². The fraction of sp³-hybridized carbons (Fsp3) is 0.867. The number of nitrogens with zero attached hydrogens (tertiary/aromatic N) is 1. The smallest absolute Gasteiger partial charge is 0.410 e. The van der Waals surface area contributed by atoms with Crippen molar-refractivity contribution in [3.05, 3.63) is 0 Å². The molecule has 1 saturated carbocycles. The first-order chi connectivity index (χ1) is 9.28. The van der Waals surface area contributed by atoms with Crippen LogP contribution in [-0.4, -0.2) is 42.8 Å². The summed E-state index contributed by atoms with van der Waals surface area (Å²) < 4.78 is 10.3. The average molecular weight is 283 g/mol. The Hall–Kier alpha value is -1.26. The van der Waals surface area contributed by atoms with Crippen molar-refractivity contribution in [1.82, 2.24) is 4.90 Å². The molecule has 0 aromatic carbocycles. The van der Waals surface area contributed by atoms with Crippen molar-refractivity contribution < 1.29 is 19.1 Å². The predicted octanol–water partition coefficient (Wildman–Crippen LogP) is 2.44. The highest BCUT2D eigenvalue weighted by molar-refractivity contribution is 5.72. The second-order valence-electron chi connectivity index (χ2n) is 7.04. The Balaban J connectivity index is 1.95. The van der Waals surface area contributed by atoms with E-state index in [0.717, 1.165) is 19.3 Å². The second-order valence-corrected chi connectivity index (χ2v) is 7.04. The molecular weight excluding hydrogens is 258 g/mol. The van der Waals surface area contributed by atoms with Gasteiger partial charge in [-0.3, -0.25) is 4.79 Å². The van der Waals surface area contributed by atoms with Crippen LogP contribution in [0.3, 0.4) is 0 Å². The number of carbonyl (C=O) groups is 2. The molecule has 2 aliphatic rings. The first kappa shape index (κ1) is 15.1. The van der Waals surface area contributed by atoms with Crippen LogP contribution in [-0.2, 0) is 14.3 Å². The lowest BCUT2D eigenvalue weighted by molar-refractivity contribution is -0.148. The van der Waals surface area contributed by atoms with Crippen molar-refractivity contribution in [1.29, 1.82) is 0 Å². The van der Waals surface area contributed by atoms with Crippen molar-refractivity contribution in [2.45, 2.75) is 45.6 Å². The monoisotopic (exact) mass is 283 g/mol. The molecule has 1 aliphatic heterocycles. The summed E-state index contributed by atoms with van der Waals surface area (Å²) in [5, 5.41) is 0. The Kier molecular flexibility index (Phi) is 4.25. The molecule has 0 N–H and O–H groups in total. The number of esters is 1. The van der Waals surface area contributed by atoms with E-state index in [2.05, 4.69) is 0 Å². The number of carbonyl (C=O) groups excluding carboxylic acids is 2. The van der Waals surface area contributed by atoms with E-state index in [4.69, 9.17) is 9.47 Å².